The molecule has 17 heavy (non-hydrogen) atoms. The monoisotopic (exact) mass is 232 g/mol. The molecule has 0 aromatic carbocycles. The Balaban J connectivity index is 2.18. The van der Waals surface area contributed by atoms with E-state index < -0.39 is 0 Å². The molecule has 0 radical (unpaired) electrons. The molecule has 0 bridgehead atoms. The van der Waals surface area contributed by atoms with Gasteiger partial charge in [0.2, 0.25) is 0 Å². The number of anilines is 2. The van der Waals surface area contributed by atoms with Gasteiger partial charge >= 0.3 is 0 Å². The van der Waals surface area contributed by atoms with Crippen molar-refractivity contribution in [3.63, 3.8) is 0 Å². The summed E-state index contributed by atoms with van der Waals surface area (Å²) < 4.78 is 4.63. The van der Waals surface area contributed by atoms with E-state index in [1.807, 2.05) is 6.92 Å². The van der Waals surface area contributed by atoms with Crippen LogP contribution in [0.4, 0.5) is 11.5 Å². The van der Waals surface area contributed by atoms with Gasteiger partial charge in [-0.1, -0.05) is 5.16 Å². The fourth-order valence-electron chi connectivity index (χ4n) is 1.38. The Hall–Kier alpha value is -2.37. The summed E-state index contributed by atoms with van der Waals surface area (Å²) in [5.74, 6) is 0.101. The Kier molecular flexibility index (Phi) is 3.34. The molecule has 1 amide bonds. The van der Waals surface area contributed by atoms with Crippen LogP contribution in [0.2, 0.25) is 0 Å². The van der Waals surface area contributed by atoms with Gasteiger partial charge < -0.3 is 15.2 Å². The lowest BCUT2D eigenvalue weighted by Crippen LogP contribution is -2.15. The van der Waals surface area contributed by atoms with Crippen LogP contribution in [0.3, 0.4) is 0 Å². The maximum Gasteiger partial charge on any atom is 0.260 e. The van der Waals surface area contributed by atoms with Gasteiger partial charge in [0, 0.05) is 25.0 Å². The van der Waals surface area contributed by atoms with Crippen LogP contribution in [-0.4, -0.2) is 22.6 Å². The molecular weight excluding hydrogens is 220 g/mol. The minimum Gasteiger partial charge on any atom is -0.385 e. The molecule has 0 aliphatic carbocycles. The van der Waals surface area contributed by atoms with E-state index in [9.17, 15) is 4.79 Å². The number of amides is 1. The molecule has 6 nitrogen and oxygen atoms in total. The van der Waals surface area contributed by atoms with E-state index in [-0.39, 0.29) is 5.91 Å². The molecule has 2 aromatic heterocycles. The third-order valence-corrected chi connectivity index (χ3v) is 2.11. The highest BCUT2D eigenvalue weighted by atomic mass is 16.5. The number of aromatic nitrogens is 2. The maximum absolute atomic E-state index is 11.9. The van der Waals surface area contributed by atoms with Gasteiger partial charge in [-0.05, 0) is 13.0 Å². The molecule has 0 saturated heterocycles. The van der Waals surface area contributed by atoms with Crippen molar-refractivity contribution < 1.29 is 9.32 Å². The first kappa shape index (κ1) is 11.1. The number of nitrogens with one attached hydrogen (secondary N) is 2. The molecular formula is C11H12N4O2. The summed E-state index contributed by atoms with van der Waals surface area (Å²) in [6.45, 7) is 2.69. The minimum atomic E-state index is -0.275. The first-order valence-corrected chi connectivity index (χ1v) is 5.21. The van der Waals surface area contributed by atoms with Gasteiger partial charge in [-0.2, -0.15) is 0 Å². The molecule has 2 N–H and O–H groups in total. The van der Waals surface area contributed by atoms with Gasteiger partial charge in [-0.3, -0.25) is 9.78 Å². The standard InChI is InChI=1S/C11H12N4O2/c1-2-13-9-3-5-12-7-8(9)11(16)14-10-4-6-17-15-10/h3-7H,2H2,1H3,(H,12,13)(H,14,15,16). The third kappa shape index (κ3) is 2.60. The largest absolute Gasteiger partial charge is 0.385 e. The predicted molar refractivity (Wildman–Crippen MR) is 62.9 cm³/mol. The maximum atomic E-state index is 11.9. The van der Waals surface area contributed by atoms with E-state index in [2.05, 4.69) is 25.3 Å². The van der Waals surface area contributed by atoms with Crippen LogP contribution >= 0.6 is 0 Å². The molecule has 0 unspecified atom stereocenters. The number of carbonyl (C=O) groups excluding carboxylic acids is 1. The van der Waals surface area contributed by atoms with Gasteiger partial charge in [-0.25, -0.2) is 0 Å². The fraction of sp³-hybridized carbons (Fsp3) is 0.182. The van der Waals surface area contributed by atoms with Crippen LogP contribution in [-0.2, 0) is 0 Å². The lowest BCUT2D eigenvalue weighted by Gasteiger charge is -2.08. The van der Waals surface area contributed by atoms with Crippen molar-refractivity contribution in [2.75, 3.05) is 17.2 Å². The summed E-state index contributed by atoms with van der Waals surface area (Å²) in [4.78, 5) is 15.9. The SMILES string of the molecule is CCNc1ccncc1C(=O)Nc1ccon1. The van der Waals surface area contributed by atoms with Gasteiger partial charge in [-0.15, -0.1) is 0 Å². The van der Waals surface area contributed by atoms with Crippen molar-refractivity contribution in [1.29, 1.82) is 0 Å². The normalized spacial score (nSPS) is 9.94. The molecule has 0 aliphatic rings. The van der Waals surface area contributed by atoms with Crippen molar-refractivity contribution in [3.05, 3.63) is 36.4 Å². The van der Waals surface area contributed by atoms with Crippen LogP contribution in [0.1, 0.15) is 17.3 Å². The fourth-order valence-corrected chi connectivity index (χ4v) is 1.38. The van der Waals surface area contributed by atoms with Gasteiger partial charge in [0.25, 0.3) is 5.91 Å². The zero-order chi connectivity index (χ0) is 12.1. The van der Waals surface area contributed by atoms with Crippen LogP contribution in [0, 0.1) is 0 Å². The number of hydrogen-bond acceptors (Lipinski definition) is 5. The Morgan fingerprint density at radius 3 is 3.06 bits per heavy atom. The quantitative estimate of drug-likeness (QED) is 0.839. The highest BCUT2D eigenvalue weighted by molar-refractivity contribution is 6.07. The minimum absolute atomic E-state index is 0.275. The number of carbonyl (C=O) groups is 1. The molecule has 0 atom stereocenters. The van der Waals surface area contributed by atoms with E-state index in [4.69, 9.17) is 0 Å². The van der Waals surface area contributed by atoms with Crippen molar-refractivity contribution in [3.8, 4) is 0 Å². The lowest BCUT2D eigenvalue weighted by atomic mass is 10.2. The summed E-state index contributed by atoms with van der Waals surface area (Å²) >= 11 is 0. The van der Waals surface area contributed by atoms with E-state index in [0.29, 0.717) is 11.4 Å². The first-order valence-electron chi connectivity index (χ1n) is 5.21. The topological polar surface area (TPSA) is 80.0 Å². The second kappa shape index (κ2) is 5.11. The molecule has 2 heterocycles. The Morgan fingerprint density at radius 1 is 1.47 bits per heavy atom. The summed E-state index contributed by atoms with van der Waals surface area (Å²) in [7, 11) is 0. The number of pyridine rings is 1. The Morgan fingerprint density at radius 2 is 2.35 bits per heavy atom. The zero-order valence-corrected chi connectivity index (χ0v) is 9.30. The molecule has 6 heteroatoms. The molecule has 2 aromatic rings. The Labute approximate surface area is 98.0 Å². The van der Waals surface area contributed by atoms with Crippen molar-refractivity contribution >= 4 is 17.4 Å². The predicted octanol–water partition coefficient (Wildman–Crippen LogP) is 1.75. The van der Waals surface area contributed by atoms with Crippen molar-refractivity contribution in [2.45, 2.75) is 6.92 Å². The van der Waals surface area contributed by atoms with Crippen molar-refractivity contribution in [1.82, 2.24) is 10.1 Å². The van der Waals surface area contributed by atoms with E-state index >= 15 is 0 Å². The van der Waals surface area contributed by atoms with Crippen molar-refractivity contribution in [2.24, 2.45) is 0 Å². The van der Waals surface area contributed by atoms with Gasteiger partial charge in [0.1, 0.15) is 6.26 Å². The summed E-state index contributed by atoms with van der Waals surface area (Å²) in [5.41, 5.74) is 1.21. The van der Waals surface area contributed by atoms with Crippen LogP contribution in [0.15, 0.2) is 35.3 Å². The highest BCUT2D eigenvalue weighted by Gasteiger charge is 2.12. The molecule has 0 saturated carbocycles. The van der Waals surface area contributed by atoms with E-state index in [1.54, 1.807) is 18.3 Å². The van der Waals surface area contributed by atoms with Gasteiger partial charge in [0.15, 0.2) is 5.82 Å². The summed E-state index contributed by atoms with van der Waals surface area (Å²) in [6, 6.07) is 3.32. The van der Waals surface area contributed by atoms with Gasteiger partial charge in [0.05, 0.1) is 11.3 Å². The second-order valence-electron chi connectivity index (χ2n) is 3.29. The molecule has 88 valence electrons. The Bertz CT molecular complexity index is 496. The summed E-state index contributed by atoms with van der Waals surface area (Å²) in [5, 5.41) is 9.31. The zero-order valence-electron chi connectivity index (χ0n) is 9.30. The average Bonchev–Trinajstić information content (AvgIpc) is 2.83. The number of nitrogens with zero attached hydrogens (tertiary/aromatic N) is 2. The van der Waals surface area contributed by atoms with E-state index in [1.165, 1.54) is 12.5 Å². The molecule has 0 aliphatic heterocycles. The highest BCUT2D eigenvalue weighted by Crippen LogP contribution is 2.15. The smallest absolute Gasteiger partial charge is 0.260 e. The molecule has 2 rings (SSSR count). The summed E-state index contributed by atoms with van der Waals surface area (Å²) in [6.07, 6.45) is 4.53. The van der Waals surface area contributed by atoms with Crippen LogP contribution in [0.25, 0.3) is 0 Å². The molecule has 0 fully saturated rings. The average molecular weight is 232 g/mol. The van der Waals surface area contributed by atoms with Crippen LogP contribution in [0.5, 0.6) is 0 Å². The second-order valence-corrected chi connectivity index (χ2v) is 3.29. The first-order chi connectivity index (χ1) is 8.31. The third-order valence-electron chi connectivity index (χ3n) is 2.11. The van der Waals surface area contributed by atoms with Crippen LogP contribution < -0.4 is 10.6 Å². The van der Waals surface area contributed by atoms with E-state index in [0.717, 1.165) is 12.2 Å². The number of rotatable bonds is 4. The molecule has 0 spiro atoms. The number of hydrogen-bond donors (Lipinski definition) is 2. The lowest BCUT2D eigenvalue weighted by molar-refractivity contribution is 0.102.